The molecule has 1 heterocycles. The zero-order valence-corrected chi connectivity index (χ0v) is 9.17. The van der Waals surface area contributed by atoms with Gasteiger partial charge >= 0.3 is 5.97 Å². The van der Waals surface area contributed by atoms with E-state index in [9.17, 15) is 14.7 Å². The van der Waals surface area contributed by atoms with E-state index in [2.05, 4.69) is 0 Å². The Morgan fingerprint density at radius 2 is 2.24 bits per heavy atom. The third-order valence-corrected chi connectivity index (χ3v) is 2.94. The van der Waals surface area contributed by atoms with Crippen molar-refractivity contribution in [3.05, 3.63) is 29.3 Å². The second-order valence-corrected chi connectivity index (χ2v) is 4.10. The first-order chi connectivity index (χ1) is 7.99. The lowest BCUT2D eigenvalue weighted by Crippen LogP contribution is -2.38. The Morgan fingerprint density at radius 3 is 2.82 bits per heavy atom. The molecule has 0 amide bonds. The molecule has 0 aromatic heterocycles. The summed E-state index contributed by atoms with van der Waals surface area (Å²) in [6.07, 6.45) is -0.0926. The molecule has 0 spiro atoms. The summed E-state index contributed by atoms with van der Waals surface area (Å²) in [5.74, 6) is -2.35. The monoisotopic (exact) mass is 235 g/mol. The third kappa shape index (κ3) is 2.08. The summed E-state index contributed by atoms with van der Waals surface area (Å²) in [6, 6.07) is 4.51. The maximum atomic E-state index is 10.8. The maximum Gasteiger partial charge on any atom is 0.335 e. The minimum Gasteiger partial charge on any atom is -0.550 e. The molecule has 0 aliphatic carbocycles. The molecule has 0 radical (unpaired) electrons. The number of benzene rings is 1. The van der Waals surface area contributed by atoms with Crippen LogP contribution in [0, 0.1) is 5.92 Å². The van der Waals surface area contributed by atoms with Crippen molar-refractivity contribution in [3.63, 3.8) is 0 Å². The number of carbonyl (C=O) groups is 2. The van der Waals surface area contributed by atoms with E-state index >= 15 is 0 Å². The van der Waals surface area contributed by atoms with Crippen molar-refractivity contribution < 1.29 is 24.5 Å². The van der Waals surface area contributed by atoms with Gasteiger partial charge in [-0.25, -0.2) is 4.79 Å². The predicted octanol–water partition coefficient (Wildman–Crippen LogP) is 0.0743. The van der Waals surface area contributed by atoms with Gasteiger partial charge in [-0.2, -0.15) is 0 Å². The average Bonchev–Trinajstić information content (AvgIpc) is 2.69. The van der Waals surface area contributed by atoms with Gasteiger partial charge in [0.1, 0.15) is 11.9 Å². The van der Waals surface area contributed by atoms with Gasteiger partial charge < -0.3 is 19.7 Å². The zero-order chi connectivity index (χ0) is 12.6. The summed E-state index contributed by atoms with van der Waals surface area (Å²) in [6.45, 7) is 1.52. The fraction of sp³-hybridized carbons (Fsp3) is 0.333. The van der Waals surface area contributed by atoms with Crippen LogP contribution in [0.5, 0.6) is 5.75 Å². The molecule has 5 heteroatoms. The topological polar surface area (TPSA) is 86.7 Å². The van der Waals surface area contributed by atoms with Crippen molar-refractivity contribution in [1.82, 2.24) is 0 Å². The largest absolute Gasteiger partial charge is 0.550 e. The van der Waals surface area contributed by atoms with E-state index in [4.69, 9.17) is 9.84 Å². The molecule has 2 atom stereocenters. The fourth-order valence-corrected chi connectivity index (χ4v) is 1.84. The number of carboxylic acid groups (broad SMARTS) is 2. The lowest BCUT2D eigenvalue weighted by molar-refractivity contribution is -0.313. The number of fused-ring (bicyclic) bond motifs is 1. The molecule has 1 aromatic carbocycles. The number of hydrogen-bond donors (Lipinski definition) is 1. The molecule has 1 N–H and O–H groups in total. The normalized spacial score (nSPS) is 19.2. The van der Waals surface area contributed by atoms with Gasteiger partial charge in [-0.1, -0.05) is 6.92 Å². The fourth-order valence-electron chi connectivity index (χ4n) is 1.84. The highest BCUT2D eigenvalue weighted by molar-refractivity contribution is 5.88. The number of carbonyl (C=O) groups excluding carboxylic acids is 1. The van der Waals surface area contributed by atoms with Crippen LogP contribution in [0.1, 0.15) is 22.8 Å². The van der Waals surface area contributed by atoms with E-state index in [0.717, 1.165) is 5.56 Å². The minimum atomic E-state index is -1.17. The standard InChI is InChI=1S/C12H12O5/c1-6(11(13)14)10-5-8-4-7(12(15)16)2-3-9(8)17-10/h2-4,6,10H,5H2,1H3,(H,13,14)(H,15,16)/p-1. The van der Waals surface area contributed by atoms with Crippen LogP contribution in [0.3, 0.4) is 0 Å². The molecule has 0 bridgehead atoms. The molecule has 2 rings (SSSR count). The van der Waals surface area contributed by atoms with Crippen LogP contribution in [-0.2, 0) is 11.2 Å². The van der Waals surface area contributed by atoms with Gasteiger partial charge in [-0.05, 0) is 23.8 Å². The lowest BCUT2D eigenvalue weighted by Gasteiger charge is -2.19. The molecule has 2 unspecified atom stereocenters. The van der Waals surface area contributed by atoms with Crippen LogP contribution in [0.2, 0.25) is 0 Å². The van der Waals surface area contributed by atoms with E-state index in [1.807, 2.05) is 0 Å². The minimum absolute atomic E-state index is 0.175. The van der Waals surface area contributed by atoms with Gasteiger partial charge in [0.05, 0.1) is 5.56 Å². The van der Waals surface area contributed by atoms with Crippen molar-refractivity contribution >= 4 is 11.9 Å². The molecule has 1 aromatic rings. The van der Waals surface area contributed by atoms with Gasteiger partial charge in [-0.15, -0.1) is 0 Å². The second-order valence-electron chi connectivity index (χ2n) is 4.10. The molecule has 90 valence electrons. The number of aliphatic carboxylic acids is 1. The quantitative estimate of drug-likeness (QED) is 0.801. The molecule has 1 aliphatic rings. The van der Waals surface area contributed by atoms with E-state index in [1.165, 1.54) is 19.1 Å². The van der Waals surface area contributed by atoms with Crippen LogP contribution in [0.4, 0.5) is 0 Å². The average molecular weight is 235 g/mol. The van der Waals surface area contributed by atoms with E-state index in [-0.39, 0.29) is 5.56 Å². The lowest BCUT2D eigenvalue weighted by atomic mass is 9.99. The van der Waals surface area contributed by atoms with Crippen LogP contribution in [0.15, 0.2) is 18.2 Å². The van der Waals surface area contributed by atoms with Crippen molar-refractivity contribution in [2.24, 2.45) is 5.92 Å². The molecular formula is C12H11O5-. The van der Waals surface area contributed by atoms with Crippen molar-refractivity contribution in [2.75, 3.05) is 0 Å². The van der Waals surface area contributed by atoms with E-state index in [0.29, 0.717) is 12.2 Å². The van der Waals surface area contributed by atoms with Crippen LogP contribution in [-0.4, -0.2) is 23.1 Å². The molecule has 0 fully saturated rings. The predicted molar refractivity (Wildman–Crippen MR) is 55.7 cm³/mol. The highest BCUT2D eigenvalue weighted by atomic mass is 16.5. The highest BCUT2D eigenvalue weighted by Gasteiger charge is 2.28. The Bertz CT molecular complexity index is 480. The van der Waals surface area contributed by atoms with Crippen molar-refractivity contribution in [1.29, 1.82) is 0 Å². The van der Waals surface area contributed by atoms with Gasteiger partial charge in [-0.3, -0.25) is 0 Å². The summed E-state index contributed by atoms with van der Waals surface area (Å²) >= 11 is 0. The third-order valence-electron chi connectivity index (χ3n) is 2.94. The zero-order valence-electron chi connectivity index (χ0n) is 9.17. The number of rotatable bonds is 3. The number of hydrogen-bond acceptors (Lipinski definition) is 4. The first-order valence-electron chi connectivity index (χ1n) is 5.22. The number of carboxylic acids is 2. The van der Waals surface area contributed by atoms with Crippen molar-refractivity contribution in [3.8, 4) is 5.75 Å². The Labute approximate surface area is 97.6 Å². The molecular weight excluding hydrogens is 224 g/mol. The van der Waals surface area contributed by atoms with Gasteiger partial charge in [0.25, 0.3) is 0 Å². The summed E-state index contributed by atoms with van der Waals surface area (Å²) < 4.78 is 5.45. The smallest absolute Gasteiger partial charge is 0.335 e. The van der Waals surface area contributed by atoms with Crippen LogP contribution < -0.4 is 9.84 Å². The number of aromatic carboxylic acids is 1. The van der Waals surface area contributed by atoms with E-state index in [1.54, 1.807) is 6.07 Å². The van der Waals surface area contributed by atoms with Gasteiger partial charge in [0.15, 0.2) is 0 Å². The first-order valence-corrected chi connectivity index (χ1v) is 5.22. The number of ether oxygens (including phenoxy) is 1. The molecule has 5 nitrogen and oxygen atoms in total. The molecule has 0 saturated carbocycles. The maximum absolute atomic E-state index is 10.8. The summed E-state index contributed by atoms with van der Waals surface area (Å²) in [4.78, 5) is 21.5. The molecule has 17 heavy (non-hydrogen) atoms. The highest BCUT2D eigenvalue weighted by Crippen LogP contribution is 2.32. The summed E-state index contributed by atoms with van der Waals surface area (Å²) in [7, 11) is 0. The Morgan fingerprint density at radius 1 is 1.53 bits per heavy atom. The Kier molecular flexibility index (Phi) is 2.75. The first kappa shape index (κ1) is 11.4. The summed E-state index contributed by atoms with van der Waals surface area (Å²) in [5.41, 5.74) is 0.900. The van der Waals surface area contributed by atoms with Crippen molar-refractivity contribution in [2.45, 2.75) is 19.4 Å². The molecule has 1 aliphatic heterocycles. The second kappa shape index (κ2) is 4.08. The summed E-state index contributed by atoms with van der Waals surface area (Å²) in [5, 5.41) is 19.6. The van der Waals surface area contributed by atoms with E-state index < -0.39 is 24.0 Å². The van der Waals surface area contributed by atoms with Crippen LogP contribution >= 0.6 is 0 Å². The van der Waals surface area contributed by atoms with Gasteiger partial charge in [0.2, 0.25) is 0 Å². The van der Waals surface area contributed by atoms with Gasteiger partial charge in [0, 0.05) is 18.3 Å². The SMILES string of the molecule is CC(C(=O)[O-])C1Cc2cc(C(=O)O)ccc2O1. The Balaban J connectivity index is 2.22. The molecule has 0 saturated heterocycles. The van der Waals surface area contributed by atoms with Crippen LogP contribution in [0.25, 0.3) is 0 Å². The Hall–Kier alpha value is -2.04.